The quantitative estimate of drug-likeness (QED) is 0.413. The Kier molecular flexibility index (Phi) is 6.40. The van der Waals surface area contributed by atoms with Crippen LogP contribution in [0, 0.1) is 0 Å². The molecule has 1 aromatic heterocycles. The minimum Gasteiger partial charge on any atom is -0.495 e. The number of carbonyl (C=O) groups is 2. The number of anilines is 1. The van der Waals surface area contributed by atoms with E-state index in [1.54, 1.807) is 25.1 Å². The lowest BCUT2D eigenvalue weighted by molar-refractivity contribution is 0.0514. The third-order valence-corrected chi connectivity index (χ3v) is 5.66. The summed E-state index contributed by atoms with van der Waals surface area (Å²) < 4.78 is 43.8. The second kappa shape index (κ2) is 9.00. The van der Waals surface area contributed by atoms with Crippen molar-refractivity contribution in [2.24, 2.45) is 0 Å². The summed E-state index contributed by atoms with van der Waals surface area (Å²) in [5.74, 6) is -0.556. The summed E-state index contributed by atoms with van der Waals surface area (Å²) in [5, 5.41) is 3.66. The Morgan fingerprint density at radius 2 is 1.90 bits per heavy atom. The molecule has 1 N–H and O–H groups in total. The van der Waals surface area contributed by atoms with E-state index in [4.69, 9.17) is 14.0 Å². The Balaban J connectivity index is 1.98. The average molecular weight is 444 g/mol. The number of nitrogens with one attached hydrogen (secondary N) is 1. The van der Waals surface area contributed by atoms with Gasteiger partial charge in [-0.1, -0.05) is 17.3 Å². The monoisotopic (exact) mass is 444 g/mol. The second-order valence-electron chi connectivity index (χ2n) is 6.41. The maximum atomic E-state index is 13.0. The lowest BCUT2D eigenvalue weighted by atomic mass is 10.1. The van der Waals surface area contributed by atoms with E-state index in [0.29, 0.717) is 11.1 Å². The molecule has 0 unspecified atom stereocenters. The van der Waals surface area contributed by atoms with Crippen molar-refractivity contribution in [3.8, 4) is 17.1 Å². The number of methoxy groups -OCH3 is 1. The van der Waals surface area contributed by atoms with Gasteiger partial charge < -0.3 is 14.0 Å². The van der Waals surface area contributed by atoms with Gasteiger partial charge in [-0.2, -0.15) is 0 Å². The van der Waals surface area contributed by atoms with Crippen LogP contribution in [0.5, 0.6) is 5.75 Å². The largest absolute Gasteiger partial charge is 0.495 e. The minimum atomic E-state index is -4.09. The average Bonchev–Trinajstić information content (AvgIpc) is 3.24. The number of hydrogen-bond donors (Lipinski definition) is 1. The lowest BCUT2D eigenvalue weighted by Gasteiger charge is -2.13. The Hall–Kier alpha value is -3.66. The van der Waals surface area contributed by atoms with E-state index < -0.39 is 16.0 Å². The van der Waals surface area contributed by atoms with Gasteiger partial charge in [0.2, 0.25) is 0 Å². The van der Waals surface area contributed by atoms with Crippen molar-refractivity contribution in [1.29, 1.82) is 0 Å². The SMILES string of the molecule is CCOC(=O)c1cc(-c2ccc(OC)c(S(=O)(=O)Nc3cccc(C(C)=O)c3)c2)on1. The third kappa shape index (κ3) is 4.92. The molecule has 0 aliphatic carbocycles. The second-order valence-corrected chi connectivity index (χ2v) is 8.06. The number of ether oxygens (including phenoxy) is 2. The molecule has 0 fully saturated rings. The van der Waals surface area contributed by atoms with Gasteiger partial charge in [-0.05, 0) is 44.2 Å². The summed E-state index contributed by atoms with van der Waals surface area (Å²) in [6.45, 7) is 3.24. The van der Waals surface area contributed by atoms with Gasteiger partial charge in [-0.3, -0.25) is 9.52 Å². The number of esters is 1. The van der Waals surface area contributed by atoms with Crippen LogP contribution < -0.4 is 9.46 Å². The molecule has 9 nitrogen and oxygen atoms in total. The maximum absolute atomic E-state index is 13.0. The molecule has 1 heterocycles. The number of nitrogens with zero attached hydrogens (tertiary/aromatic N) is 1. The van der Waals surface area contributed by atoms with Gasteiger partial charge in [-0.25, -0.2) is 13.2 Å². The lowest BCUT2D eigenvalue weighted by Crippen LogP contribution is -2.14. The number of hydrogen-bond acceptors (Lipinski definition) is 8. The molecule has 0 saturated heterocycles. The van der Waals surface area contributed by atoms with Gasteiger partial charge in [0.15, 0.2) is 17.2 Å². The fraction of sp³-hybridized carbons (Fsp3) is 0.190. The minimum absolute atomic E-state index is 0.0313. The van der Waals surface area contributed by atoms with Crippen molar-refractivity contribution in [2.75, 3.05) is 18.4 Å². The summed E-state index contributed by atoms with van der Waals surface area (Å²) >= 11 is 0. The Morgan fingerprint density at radius 3 is 2.58 bits per heavy atom. The van der Waals surface area contributed by atoms with E-state index in [0.717, 1.165) is 0 Å². The van der Waals surface area contributed by atoms with Gasteiger partial charge in [-0.15, -0.1) is 0 Å². The first-order valence-corrected chi connectivity index (χ1v) is 10.7. The molecule has 3 rings (SSSR count). The fourth-order valence-corrected chi connectivity index (χ4v) is 4.01. The van der Waals surface area contributed by atoms with Gasteiger partial charge in [0.25, 0.3) is 10.0 Å². The Labute approximate surface area is 179 Å². The highest BCUT2D eigenvalue weighted by atomic mass is 32.2. The molecule has 2 aromatic carbocycles. The summed E-state index contributed by atoms with van der Waals surface area (Å²) in [4.78, 5) is 23.2. The smallest absolute Gasteiger partial charge is 0.360 e. The van der Waals surface area contributed by atoms with Crippen LogP contribution >= 0.6 is 0 Å². The molecule has 31 heavy (non-hydrogen) atoms. The number of benzene rings is 2. The van der Waals surface area contributed by atoms with Gasteiger partial charge in [0.1, 0.15) is 10.6 Å². The number of rotatable bonds is 8. The van der Waals surface area contributed by atoms with E-state index >= 15 is 0 Å². The highest BCUT2D eigenvalue weighted by Gasteiger charge is 2.23. The third-order valence-electron chi connectivity index (χ3n) is 4.25. The molecule has 3 aromatic rings. The predicted molar refractivity (Wildman–Crippen MR) is 112 cm³/mol. The molecule has 0 spiro atoms. The van der Waals surface area contributed by atoms with Crippen LogP contribution in [0.2, 0.25) is 0 Å². The van der Waals surface area contributed by atoms with Crippen LogP contribution in [0.25, 0.3) is 11.3 Å². The van der Waals surface area contributed by atoms with Crippen LogP contribution in [0.3, 0.4) is 0 Å². The van der Waals surface area contributed by atoms with Crippen LogP contribution in [0.15, 0.2) is 57.9 Å². The van der Waals surface area contributed by atoms with Crippen molar-refractivity contribution in [3.05, 3.63) is 59.8 Å². The first-order valence-electron chi connectivity index (χ1n) is 9.21. The van der Waals surface area contributed by atoms with E-state index in [1.165, 1.54) is 44.4 Å². The predicted octanol–water partition coefficient (Wildman–Crippen LogP) is 3.53. The topological polar surface area (TPSA) is 125 Å². The van der Waals surface area contributed by atoms with Crippen LogP contribution in [0.1, 0.15) is 34.7 Å². The van der Waals surface area contributed by atoms with Crippen molar-refractivity contribution in [3.63, 3.8) is 0 Å². The van der Waals surface area contributed by atoms with Crippen molar-refractivity contribution >= 4 is 27.5 Å². The van der Waals surface area contributed by atoms with E-state index in [1.807, 2.05) is 0 Å². The first kappa shape index (κ1) is 22.0. The molecule has 0 radical (unpaired) electrons. The summed E-state index contributed by atoms with van der Waals surface area (Å²) in [6, 6.07) is 11.9. The summed E-state index contributed by atoms with van der Waals surface area (Å²) in [5.41, 5.74) is 0.927. The van der Waals surface area contributed by atoms with E-state index in [2.05, 4.69) is 9.88 Å². The number of ketones is 1. The summed E-state index contributed by atoms with van der Waals surface area (Å²) in [6.07, 6.45) is 0. The van der Waals surface area contributed by atoms with Crippen molar-refractivity contribution in [1.82, 2.24) is 5.16 Å². The molecule has 0 aliphatic heterocycles. The molecule has 0 bridgehead atoms. The number of sulfonamides is 1. The molecule has 0 saturated carbocycles. The standard InChI is InChI=1S/C21H20N2O7S/c1-4-29-21(25)17-12-19(30-22-17)15-8-9-18(28-3)20(11-15)31(26,27)23-16-7-5-6-14(10-16)13(2)24/h5-12,23H,4H2,1-3H3. The normalized spacial score (nSPS) is 11.1. The van der Waals surface area contributed by atoms with Crippen LogP contribution in [-0.4, -0.2) is 39.0 Å². The number of aromatic nitrogens is 1. The van der Waals surface area contributed by atoms with Crippen LogP contribution in [0.4, 0.5) is 5.69 Å². The van der Waals surface area contributed by atoms with E-state index in [-0.39, 0.29) is 40.2 Å². The molecule has 162 valence electrons. The highest BCUT2D eigenvalue weighted by molar-refractivity contribution is 7.92. The molecular formula is C21H20N2O7S. The van der Waals surface area contributed by atoms with Crippen molar-refractivity contribution < 1.29 is 32.0 Å². The van der Waals surface area contributed by atoms with Crippen LogP contribution in [-0.2, 0) is 14.8 Å². The first-order chi connectivity index (χ1) is 14.7. The number of carbonyl (C=O) groups excluding carboxylic acids is 2. The molecule has 0 amide bonds. The molecular weight excluding hydrogens is 424 g/mol. The zero-order valence-corrected chi connectivity index (χ0v) is 17.9. The number of Topliss-reactive ketones (excluding diaryl/α,β-unsaturated/α-hetero) is 1. The Morgan fingerprint density at radius 1 is 1.13 bits per heavy atom. The van der Waals surface area contributed by atoms with Gasteiger partial charge in [0, 0.05) is 22.9 Å². The zero-order valence-electron chi connectivity index (χ0n) is 17.0. The summed E-state index contributed by atoms with van der Waals surface area (Å²) in [7, 11) is -2.74. The molecule has 0 aliphatic rings. The van der Waals surface area contributed by atoms with E-state index in [9.17, 15) is 18.0 Å². The fourth-order valence-electron chi connectivity index (χ4n) is 2.76. The Bertz CT molecular complexity index is 1230. The molecule has 10 heteroatoms. The van der Waals surface area contributed by atoms with Gasteiger partial charge in [0.05, 0.1) is 13.7 Å². The zero-order chi connectivity index (χ0) is 22.6. The van der Waals surface area contributed by atoms with Crippen molar-refractivity contribution in [2.45, 2.75) is 18.7 Å². The van der Waals surface area contributed by atoms with Gasteiger partial charge >= 0.3 is 5.97 Å². The molecule has 0 atom stereocenters. The maximum Gasteiger partial charge on any atom is 0.360 e. The highest BCUT2D eigenvalue weighted by Crippen LogP contribution is 2.31.